The van der Waals surface area contributed by atoms with Gasteiger partial charge in [0.1, 0.15) is 0 Å². The number of carboxylic acid groups (broad SMARTS) is 1. The second kappa shape index (κ2) is 13.3. The number of ether oxygens (including phenoxy) is 1. The van der Waals surface area contributed by atoms with Crippen LogP contribution in [0.3, 0.4) is 0 Å². The molecule has 0 saturated carbocycles. The van der Waals surface area contributed by atoms with E-state index in [0.29, 0.717) is 32.2 Å². The first-order chi connectivity index (χ1) is 12.4. The zero-order chi connectivity index (χ0) is 20.9. The molecule has 0 aliphatic carbocycles. The van der Waals surface area contributed by atoms with Crippen molar-refractivity contribution in [3.8, 4) is 0 Å². The van der Waals surface area contributed by atoms with Crippen molar-refractivity contribution in [2.75, 3.05) is 32.6 Å². The Morgan fingerprint density at radius 2 is 1.70 bits per heavy atom. The van der Waals surface area contributed by atoms with E-state index in [1.807, 2.05) is 0 Å². The lowest BCUT2D eigenvalue weighted by Gasteiger charge is -2.20. The van der Waals surface area contributed by atoms with Crippen LogP contribution in [-0.4, -0.2) is 73.7 Å². The summed E-state index contributed by atoms with van der Waals surface area (Å²) in [6, 6.07) is 0. The Labute approximate surface area is 158 Å². The van der Waals surface area contributed by atoms with E-state index < -0.39 is 41.3 Å². The summed E-state index contributed by atoms with van der Waals surface area (Å²) in [6.45, 7) is -0.228. The quantitative estimate of drug-likeness (QED) is 0.371. The fraction of sp³-hybridized carbons (Fsp3) is 0.938. The minimum atomic E-state index is -4.30. The van der Waals surface area contributed by atoms with E-state index in [1.165, 1.54) is 4.31 Å². The number of nitrogens with zero attached hydrogens (tertiary/aromatic N) is 1. The number of carboxylic acids is 1. The average Bonchev–Trinajstić information content (AvgIpc) is 2.50. The fourth-order valence-electron chi connectivity index (χ4n) is 2.36. The Balaban J connectivity index is 3.99. The monoisotopic (exact) mass is 421 g/mol. The van der Waals surface area contributed by atoms with Crippen molar-refractivity contribution in [2.24, 2.45) is 0 Å². The van der Waals surface area contributed by atoms with Crippen molar-refractivity contribution in [2.45, 2.75) is 63.6 Å². The van der Waals surface area contributed by atoms with E-state index in [4.69, 9.17) is 9.84 Å². The van der Waals surface area contributed by atoms with Crippen LogP contribution in [0.15, 0.2) is 0 Å². The number of rotatable bonds is 16. The van der Waals surface area contributed by atoms with Crippen molar-refractivity contribution in [3.63, 3.8) is 0 Å². The number of halogens is 3. The van der Waals surface area contributed by atoms with Gasteiger partial charge in [-0.3, -0.25) is 4.79 Å². The van der Waals surface area contributed by atoms with Crippen molar-refractivity contribution in [3.05, 3.63) is 0 Å². The van der Waals surface area contributed by atoms with Crippen molar-refractivity contribution >= 4 is 16.0 Å². The van der Waals surface area contributed by atoms with Gasteiger partial charge in [0.25, 0.3) is 0 Å². The van der Waals surface area contributed by atoms with E-state index in [0.717, 1.165) is 12.7 Å². The average molecular weight is 421 g/mol. The number of alkyl halides is 3. The number of sulfonamides is 1. The first-order valence-corrected chi connectivity index (χ1v) is 10.8. The van der Waals surface area contributed by atoms with Gasteiger partial charge in [-0.25, -0.2) is 12.7 Å². The third-order valence-electron chi connectivity index (χ3n) is 3.80. The van der Waals surface area contributed by atoms with Crippen LogP contribution in [0.5, 0.6) is 0 Å². The molecule has 2 N–H and O–H groups in total. The molecule has 7 nitrogen and oxygen atoms in total. The van der Waals surface area contributed by atoms with Gasteiger partial charge < -0.3 is 14.9 Å². The Morgan fingerprint density at radius 1 is 1.11 bits per heavy atom. The zero-order valence-corrected chi connectivity index (χ0v) is 16.4. The molecule has 0 amide bonds. The van der Waals surface area contributed by atoms with Crippen LogP contribution in [0.2, 0.25) is 0 Å². The molecule has 0 aliphatic heterocycles. The SMILES string of the molecule is CS(=O)(=O)N(CCCCCCC(=O)O)CCCC(O)COCCC(F)(F)F. The largest absolute Gasteiger partial charge is 0.481 e. The lowest BCUT2D eigenvalue weighted by molar-refractivity contribution is -0.147. The summed E-state index contributed by atoms with van der Waals surface area (Å²) in [6.07, 6.45) is -1.98. The van der Waals surface area contributed by atoms with E-state index in [-0.39, 0.29) is 26.0 Å². The smallest absolute Gasteiger partial charge is 0.391 e. The van der Waals surface area contributed by atoms with Crippen molar-refractivity contribution in [1.82, 2.24) is 4.31 Å². The highest BCUT2D eigenvalue weighted by molar-refractivity contribution is 7.88. The van der Waals surface area contributed by atoms with Crippen LogP contribution < -0.4 is 0 Å². The molecule has 1 atom stereocenters. The highest BCUT2D eigenvalue weighted by Gasteiger charge is 2.26. The summed E-state index contributed by atoms with van der Waals surface area (Å²) >= 11 is 0. The number of hydrogen-bond donors (Lipinski definition) is 2. The molecule has 162 valence electrons. The Morgan fingerprint density at radius 3 is 2.26 bits per heavy atom. The number of aliphatic hydroxyl groups is 1. The van der Waals surface area contributed by atoms with Crippen LogP contribution >= 0.6 is 0 Å². The van der Waals surface area contributed by atoms with E-state index in [1.54, 1.807) is 0 Å². The number of carbonyl (C=O) groups is 1. The van der Waals surface area contributed by atoms with Crippen LogP contribution in [0.25, 0.3) is 0 Å². The molecule has 0 bridgehead atoms. The Kier molecular flexibility index (Phi) is 12.8. The molecule has 0 spiro atoms. The summed E-state index contributed by atoms with van der Waals surface area (Å²) in [7, 11) is -3.40. The summed E-state index contributed by atoms with van der Waals surface area (Å²) in [4.78, 5) is 10.4. The maximum atomic E-state index is 12.0. The lowest BCUT2D eigenvalue weighted by Crippen LogP contribution is -2.32. The molecular weight excluding hydrogens is 391 g/mol. The molecule has 0 fully saturated rings. The minimum Gasteiger partial charge on any atom is -0.481 e. The third-order valence-corrected chi connectivity index (χ3v) is 5.11. The molecule has 0 rings (SSSR count). The summed E-state index contributed by atoms with van der Waals surface area (Å²) < 4.78 is 65.5. The van der Waals surface area contributed by atoms with Crippen LogP contribution in [0.4, 0.5) is 13.2 Å². The van der Waals surface area contributed by atoms with Gasteiger partial charge in [0.05, 0.1) is 32.0 Å². The van der Waals surface area contributed by atoms with Gasteiger partial charge in [0.15, 0.2) is 0 Å². The predicted octanol–water partition coefficient (Wildman–Crippen LogP) is 2.39. The molecule has 1 unspecified atom stereocenters. The molecule has 0 aliphatic rings. The van der Waals surface area contributed by atoms with Crippen molar-refractivity contribution < 1.29 is 41.3 Å². The maximum absolute atomic E-state index is 12.0. The Hall–Kier alpha value is -0.910. The third kappa shape index (κ3) is 17.0. The number of unbranched alkanes of at least 4 members (excludes halogenated alkanes) is 3. The highest BCUT2D eigenvalue weighted by Crippen LogP contribution is 2.19. The normalized spacial score (nSPS) is 13.9. The van der Waals surface area contributed by atoms with E-state index >= 15 is 0 Å². The Bertz CT molecular complexity index is 513. The van der Waals surface area contributed by atoms with E-state index in [2.05, 4.69) is 0 Å². The number of hydrogen-bond acceptors (Lipinski definition) is 5. The lowest BCUT2D eigenvalue weighted by atomic mass is 10.1. The minimum absolute atomic E-state index is 0.0960. The van der Waals surface area contributed by atoms with Gasteiger partial charge in [-0.15, -0.1) is 0 Å². The molecule has 0 aromatic rings. The summed E-state index contributed by atoms with van der Waals surface area (Å²) in [5, 5.41) is 18.2. The van der Waals surface area contributed by atoms with Crippen LogP contribution in [0.1, 0.15) is 51.4 Å². The van der Waals surface area contributed by atoms with Gasteiger partial charge in [-0.2, -0.15) is 13.2 Å². The fourth-order valence-corrected chi connectivity index (χ4v) is 3.28. The molecule has 0 aromatic carbocycles. The van der Waals surface area contributed by atoms with Gasteiger partial charge in [0, 0.05) is 19.5 Å². The van der Waals surface area contributed by atoms with Gasteiger partial charge in [0.2, 0.25) is 10.0 Å². The zero-order valence-electron chi connectivity index (χ0n) is 15.6. The molecule has 0 radical (unpaired) electrons. The maximum Gasteiger partial charge on any atom is 0.391 e. The van der Waals surface area contributed by atoms with E-state index in [9.17, 15) is 31.5 Å². The second-order valence-electron chi connectivity index (χ2n) is 6.46. The molecule has 0 saturated heterocycles. The molecular formula is C16H30F3NO6S. The summed E-state index contributed by atoms with van der Waals surface area (Å²) in [5.74, 6) is -0.853. The first-order valence-electron chi connectivity index (χ1n) is 8.91. The number of aliphatic hydroxyl groups excluding tert-OH is 1. The standard InChI is InChI=1S/C16H30F3NO6S/c1-27(24,25)20(10-5-3-2-4-8-15(22)23)11-6-7-14(21)13-26-12-9-16(17,18)19/h14,21H,2-13H2,1H3,(H,22,23). The predicted molar refractivity (Wildman–Crippen MR) is 93.9 cm³/mol. The molecule has 27 heavy (non-hydrogen) atoms. The summed E-state index contributed by atoms with van der Waals surface area (Å²) in [5.41, 5.74) is 0. The number of aliphatic carboxylic acids is 1. The second-order valence-corrected chi connectivity index (χ2v) is 8.44. The highest BCUT2D eigenvalue weighted by atomic mass is 32.2. The molecule has 0 aromatic heterocycles. The van der Waals surface area contributed by atoms with Gasteiger partial charge in [-0.1, -0.05) is 12.8 Å². The van der Waals surface area contributed by atoms with Crippen LogP contribution in [0, 0.1) is 0 Å². The van der Waals surface area contributed by atoms with Crippen LogP contribution in [-0.2, 0) is 19.6 Å². The van der Waals surface area contributed by atoms with Gasteiger partial charge in [-0.05, 0) is 25.7 Å². The topological polar surface area (TPSA) is 104 Å². The first kappa shape index (κ1) is 26.1. The van der Waals surface area contributed by atoms with Gasteiger partial charge >= 0.3 is 12.1 Å². The molecule has 0 heterocycles. The van der Waals surface area contributed by atoms with Crippen molar-refractivity contribution in [1.29, 1.82) is 0 Å². The molecule has 11 heteroatoms.